The quantitative estimate of drug-likeness (QED) is 0.276. The number of carbonyl (C=O) groups is 3. The molecule has 5 rings (SSSR count). The third kappa shape index (κ3) is 3.21. The molecule has 4 saturated carbocycles. The zero-order valence-electron chi connectivity index (χ0n) is 24.1. The number of halogens is 1. The summed E-state index contributed by atoms with van der Waals surface area (Å²) in [5.74, 6) is -0.381. The monoisotopic (exact) mass is 512 g/mol. The van der Waals surface area contributed by atoms with Gasteiger partial charge in [-0.15, -0.1) is 0 Å². The van der Waals surface area contributed by atoms with E-state index in [-0.39, 0.29) is 57.1 Å². The van der Waals surface area contributed by atoms with E-state index in [2.05, 4.69) is 34.6 Å². The summed E-state index contributed by atoms with van der Waals surface area (Å²) in [5.41, 5.74) is -0.916. The number of ether oxygens (including phenoxy) is 1. The highest BCUT2D eigenvalue weighted by molar-refractivity contribution is 6.01. The highest BCUT2D eigenvalue weighted by Crippen LogP contribution is 2.75. The van der Waals surface area contributed by atoms with E-state index in [4.69, 9.17) is 4.74 Å². The zero-order chi connectivity index (χ0) is 27.4. The van der Waals surface area contributed by atoms with Crippen molar-refractivity contribution in [2.24, 2.45) is 50.2 Å². The molecule has 0 unspecified atom stereocenters. The Bertz CT molecular complexity index is 1130. The molecule has 0 amide bonds. The van der Waals surface area contributed by atoms with E-state index in [9.17, 15) is 18.8 Å². The van der Waals surface area contributed by atoms with Gasteiger partial charge in [0, 0.05) is 16.9 Å². The van der Waals surface area contributed by atoms with Crippen LogP contribution in [0.2, 0.25) is 0 Å². The predicted molar refractivity (Wildman–Crippen MR) is 141 cm³/mol. The average molecular weight is 513 g/mol. The Kier molecular flexibility index (Phi) is 5.71. The van der Waals surface area contributed by atoms with E-state index in [1.165, 1.54) is 7.11 Å². The van der Waals surface area contributed by atoms with Crippen molar-refractivity contribution < 1.29 is 23.5 Å². The molecule has 0 N–H and O–H groups in total. The fourth-order valence-electron chi connectivity index (χ4n) is 10.5. The van der Waals surface area contributed by atoms with Gasteiger partial charge in [0.05, 0.1) is 18.9 Å². The van der Waals surface area contributed by atoms with Crippen LogP contribution in [0, 0.1) is 50.2 Å². The second-order valence-electron chi connectivity index (χ2n) is 15.2. The van der Waals surface area contributed by atoms with Gasteiger partial charge in [-0.3, -0.25) is 14.4 Å². The maximum Gasteiger partial charge on any atom is 0.312 e. The molecule has 4 fully saturated rings. The first-order chi connectivity index (χ1) is 17.0. The molecule has 0 heterocycles. The van der Waals surface area contributed by atoms with E-state index >= 15 is 0 Å². The molecular weight excluding hydrogens is 467 g/mol. The molecular formula is C32H45FO4. The standard InChI is InChI=1S/C32H45FO4/c1-27(2)11-13-32(26(36)37-8)14-12-31(7)24(20(32)17-27)21(34)15-23-29(5)16-19(18-33)25(35)28(3,4)22(29)9-10-30(23,31)6/h15,18,20,22,24H,9-14,16-17H2,1-8H3/t20-,22-,24-,29-,30+,31+,32-/m0/s1. The van der Waals surface area contributed by atoms with E-state index in [1.54, 1.807) is 0 Å². The van der Waals surface area contributed by atoms with E-state index < -0.39 is 16.2 Å². The molecule has 0 aromatic carbocycles. The van der Waals surface area contributed by atoms with E-state index in [0.29, 0.717) is 12.8 Å². The number of methoxy groups -OCH3 is 1. The number of hydrogen-bond donors (Lipinski definition) is 0. The van der Waals surface area contributed by atoms with Crippen LogP contribution in [0.4, 0.5) is 4.39 Å². The molecule has 0 saturated heterocycles. The lowest BCUT2D eigenvalue weighted by Crippen LogP contribution is -2.66. The second kappa shape index (κ2) is 7.88. The SMILES string of the molecule is COC(=O)[C@]12CCC(C)(C)C[C@H]1[C@H]1C(=O)C=C3[C@@]4(C)CC(=CF)C(=O)C(C)(C)[C@@H]4CC[C@@]3(C)[C@]1(C)CC2. The van der Waals surface area contributed by atoms with Gasteiger partial charge in [0.15, 0.2) is 11.6 Å². The minimum atomic E-state index is -0.687. The van der Waals surface area contributed by atoms with Gasteiger partial charge < -0.3 is 4.74 Å². The number of allylic oxidation sites excluding steroid dienone is 3. The summed E-state index contributed by atoms with van der Waals surface area (Å²) in [5, 5.41) is 0. The molecule has 204 valence electrons. The van der Waals surface area contributed by atoms with Crippen molar-refractivity contribution in [3.05, 3.63) is 23.6 Å². The fraction of sp³-hybridized carbons (Fsp3) is 0.781. The topological polar surface area (TPSA) is 60.4 Å². The van der Waals surface area contributed by atoms with Gasteiger partial charge in [0.25, 0.3) is 0 Å². The summed E-state index contributed by atoms with van der Waals surface area (Å²) in [7, 11) is 1.48. The number of esters is 1. The molecule has 5 aliphatic rings. The molecule has 0 radical (unpaired) electrons. The van der Waals surface area contributed by atoms with E-state index in [1.807, 2.05) is 19.9 Å². The van der Waals surface area contributed by atoms with Crippen molar-refractivity contribution >= 4 is 17.5 Å². The van der Waals surface area contributed by atoms with Crippen molar-refractivity contribution in [1.82, 2.24) is 0 Å². The predicted octanol–water partition coefficient (Wildman–Crippen LogP) is 7.17. The normalized spacial score (nSPS) is 47.2. The van der Waals surface area contributed by atoms with Gasteiger partial charge in [0.2, 0.25) is 0 Å². The Balaban J connectivity index is 1.68. The van der Waals surface area contributed by atoms with Crippen LogP contribution in [0.25, 0.3) is 0 Å². The first-order valence-corrected chi connectivity index (χ1v) is 14.2. The summed E-state index contributed by atoms with van der Waals surface area (Å²) >= 11 is 0. The van der Waals surface area contributed by atoms with Gasteiger partial charge in [0.1, 0.15) is 0 Å². The van der Waals surface area contributed by atoms with Crippen molar-refractivity contribution in [2.45, 2.75) is 99.8 Å². The molecule has 5 heteroatoms. The Hall–Kier alpha value is -1.78. The number of rotatable bonds is 1. The van der Waals surface area contributed by atoms with Crippen LogP contribution >= 0.6 is 0 Å². The molecule has 7 atom stereocenters. The Morgan fingerprint density at radius 3 is 2.27 bits per heavy atom. The Labute approximate surface area is 221 Å². The molecule has 0 aromatic rings. The fourth-order valence-corrected chi connectivity index (χ4v) is 10.5. The minimum Gasteiger partial charge on any atom is -0.469 e. The first kappa shape index (κ1) is 26.8. The molecule has 4 nitrogen and oxygen atoms in total. The van der Waals surface area contributed by atoms with E-state index in [0.717, 1.165) is 50.5 Å². The lowest BCUT2D eigenvalue weighted by molar-refractivity contribution is -0.192. The van der Waals surface area contributed by atoms with Gasteiger partial charge in [-0.05, 0) is 90.9 Å². The molecule has 0 spiro atoms. The van der Waals surface area contributed by atoms with Crippen LogP contribution < -0.4 is 0 Å². The van der Waals surface area contributed by atoms with Gasteiger partial charge in [-0.2, -0.15) is 0 Å². The highest BCUT2D eigenvalue weighted by Gasteiger charge is 2.71. The van der Waals surface area contributed by atoms with Crippen LogP contribution in [-0.4, -0.2) is 24.6 Å². The van der Waals surface area contributed by atoms with Crippen LogP contribution in [0.5, 0.6) is 0 Å². The lowest BCUT2D eigenvalue weighted by atomic mass is 9.33. The van der Waals surface area contributed by atoms with Crippen molar-refractivity contribution in [3.8, 4) is 0 Å². The number of carbonyl (C=O) groups excluding carboxylic acids is 3. The summed E-state index contributed by atoms with van der Waals surface area (Å²) in [4.78, 5) is 40.9. The maximum atomic E-state index is 14.4. The van der Waals surface area contributed by atoms with Crippen molar-refractivity contribution in [3.63, 3.8) is 0 Å². The third-order valence-electron chi connectivity index (χ3n) is 12.7. The van der Waals surface area contributed by atoms with Crippen LogP contribution in [-0.2, 0) is 19.1 Å². The largest absolute Gasteiger partial charge is 0.469 e. The minimum absolute atomic E-state index is 0.0508. The third-order valence-corrected chi connectivity index (χ3v) is 12.7. The highest BCUT2D eigenvalue weighted by atomic mass is 19.1. The number of ketones is 2. The molecule has 0 bridgehead atoms. The van der Waals surface area contributed by atoms with Crippen molar-refractivity contribution in [2.75, 3.05) is 7.11 Å². The number of Topliss-reactive ketones (excluding diaryl/α,β-unsaturated/α-hetero) is 1. The van der Waals surface area contributed by atoms with Crippen LogP contribution in [0.15, 0.2) is 23.6 Å². The maximum absolute atomic E-state index is 14.4. The molecule has 0 aliphatic heterocycles. The second-order valence-corrected chi connectivity index (χ2v) is 15.2. The van der Waals surface area contributed by atoms with Crippen LogP contribution in [0.3, 0.4) is 0 Å². The smallest absolute Gasteiger partial charge is 0.312 e. The van der Waals surface area contributed by atoms with Gasteiger partial charge >= 0.3 is 5.97 Å². The van der Waals surface area contributed by atoms with Crippen molar-refractivity contribution in [1.29, 1.82) is 0 Å². The lowest BCUT2D eigenvalue weighted by Gasteiger charge is -2.69. The Morgan fingerprint density at radius 1 is 1.00 bits per heavy atom. The zero-order valence-corrected chi connectivity index (χ0v) is 24.1. The number of hydrogen-bond acceptors (Lipinski definition) is 4. The molecule has 5 aliphatic carbocycles. The number of fused-ring (bicyclic) bond motifs is 7. The summed E-state index contributed by atoms with van der Waals surface area (Å²) in [6.07, 6.45) is 8.60. The molecule has 0 aromatic heterocycles. The van der Waals surface area contributed by atoms with Gasteiger partial charge in [-0.1, -0.05) is 54.0 Å². The van der Waals surface area contributed by atoms with Gasteiger partial charge in [-0.25, -0.2) is 4.39 Å². The summed E-state index contributed by atoms with van der Waals surface area (Å²) < 4.78 is 19.4. The summed E-state index contributed by atoms with van der Waals surface area (Å²) in [6, 6.07) is 0. The van der Waals surface area contributed by atoms with Crippen LogP contribution in [0.1, 0.15) is 99.8 Å². The average Bonchev–Trinajstić information content (AvgIpc) is 2.82. The summed E-state index contributed by atoms with van der Waals surface area (Å²) in [6.45, 7) is 15.2. The Morgan fingerprint density at radius 2 is 1.65 bits per heavy atom. The first-order valence-electron chi connectivity index (χ1n) is 14.2. The molecule has 37 heavy (non-hydrogen) atoms.